The van der Waals surface area contributed by atoms with Crippen molar-refractivity contribution in [2.45, 2.75) is 12.6 Å². The van der Waals surface area contributed by atoms with Gasteiger partial charge in [-0.15, -0.1) is 0 Å². The molecular weight excluding hydrogens is 276 g/mol. The van der Waals surface area contributed by atoms with Crippen LogP contribution in [0.3, 0.4) is 0 Å². The Hall–Kier alpha value is -1.35. The number of nitrogens with two attached hydrogens (primary N) is 1. The molecule has 1 saturated heterocycles. The monoisotopic (exact) mass is 294 g/mol. The number of likely N-dealkylation sites (N-methyl/N-ethyl adjacent to an activating group) is 1. The zero-order valence-electron chi connectivity index (χ0n) is 11.4. The molecule has 0 aliphatic carbocycles. The molecule has 0 amide bonds. The highest BCUT2D eigenvalue weighted by atomic mass is 32.1. The average molecular weight is 294 g/mol. The molecule has 3 rings (SSSR count). The van der Waals surface area contributed by atoms with Crippen LogP contribution in [0.25, 0.3) is 4.96 Å². The van der Waals surface area contributed by atoms with Crippen molar-refractivity contribution in [3.8, 4) is 0 Å². The van der Waals surface area contributed by atoms with Crippen LogP contribution < -0.4 is 11.3 Å². The molecule has 0 spiro atoms. The Bertz CT molecular complexity index is 653. The normalized spacial score (nSPS) is 21.6. The van der Waals surface area contributed by atoms with Crippen LogP contribution >= 0.6 is 11.3 Å². The molecular formula is C12H18N6OS. The first-order valence-corrected chi connectivity index (χ1v) is 7.50. The molecule has 1 aliphatic heterocycles. The van der Waals surface area contributed by atoms with E-state index in [0.717, 1.165) is 25.3 Å². The average Bonchev–Trinajstić information content (AvgIpc) is 2.89. The molecule has 0 radical (unpaired) electrons. The molecule has 1 fully saturated rings. The van der Waals surface area contributed by atoms with Gasteiger partial charge in [-0.2, -0.15) is 9.61 Å². The van der Waals surface area contributed by atoms with E-state index >= 15 is 0 Å². The van der Waals surface area contributed by atoms with Gasteiger partial charge < -0.3 is 10.6 Å². The summed E-state index contributed by atoms with van der Waals surface area (Å²) in [4.78, 5) is 21.7. The Morgan fingerprint density at radius 2 is 2.35 bits per heavy atom. The second-order valence-corrected chi connectivity index (χ2v) is 5.95. The molecule has 108 valence electrons. The Balaban J connectivity index is 1.83. The van der Waals surface area contributed by atoms with Crippen LogP contribution in [0.2, 0.25) is 0 Å². The van der Waals surface area contributed by atoms with Gasteiger partial charge in [0.25, 0.3) is 5.56 Å². The summed E-state index contributed by atoms with van der Waals surface area (Å²) in [6.45, 7) is 4.20. The molecule has 1 unspecified atom stereocenters. The van der Waals surface area contributed by atoms with E-state index in [9.17, 15) is 4.79 Å². The van der Waals surface area contributed by atoms with Crippen LogP contribution in [0.4, 0.5) is 0 Å². The Morgan fingerprint density at radius 1 is 1.50 bits per heavy atom. The van der Waals surface area contributed by atoms with Gasteiger partial charge in [0, 0.05) is 44.8 Å². The highest BCUT2D eigenvalue weighted by Crippen LogP contribution is 2.12. The van der Waals surface area contributed by atoms with Crippen molar-refractivity contribution in [1.29, 1.82) is 0 Å². The molecule has 0 aromatic carbocycles. The van der Waals surface area contributed by atoms with Gasteiger partial charge in [-0.05, 0) is 7.05 Å². The van der Waals surface area contributed by atoms with Crippen molar-refractivity contribution in [2.24, 2.45) is 5.73 Å². The molecule has 8 heteroatoms. The molecule has 2 aromatic heterocycles. The largest absolute Gasteiger partial charge is 0.329 e. The third kappa shape index (κ3) is 2.59. The van der Waals surface area contributed by atoms with Crippen molar-refractivity contribution < 1.29 is 0 Å². The lowest BCUT2D eigenvalue weighted by Crippen LogP contribution is -2.54. The van der Waals surface area contributed by atoms with Gasteiger partial charge >= 0.3 is 0 Å². The van der Waals surface area contributed by atoms with E-state index in [1.54, 1.807) is 11.6 Å². The fourth-order valence-electron chi connectivity index (χ4n) is 2.57. The number of rotatable bonds is 3. The van der Waals surface area contributed by atoms with E-state index < -0.39 is 0 Å². The molecule has 0 bridgehead atoms. The maximum absolute atomic E-state index is 11.9. The SMILES string of the molecule is CN1CCN(Cc2cc(=O)n3ncsc3n2)C(CN)C1. The number of hydrogen-bond donors (Lipinski definition) is 1. The molecule has 0 saturated carbocycles. The molecule has 2 N–H and O–H groups in total. The standard InChI is InChI=1S/C12H18N6OS/c1-16-2-3-17(10(5-13)7-16)6-9-4-11(19)18-12(15-9)20-8-14-18/h4,8,10H,2-3,5-7,13H2,1H3. The van der Waals surface area contributed by atoms with E-state index in [4.69, 9.17) is 5.73 Å². The van der Waals surface area contributed by atoms with Gasteiger partial charge in [0.2, 0.25) is 4.96 Å². The fraction of sp³-hybridized carbons (Fsp3) is 0.583. The summed E-state index contributed by atoms with van der Waals surface area (Å²) in [6.07, 6.45) is 0. The molecule has 7 nitrogen and oxygen atoms in total. The first-order valence-electron chi connectivity index (χ1n) is 6.62. The van der Waals surface area contributed by atoms with Crippen LogP contribution in [0.5, 0.6) is 0 Å². The highest BCUT2D eigenvalue weighted by Gasteiger charge is 2.24. The van der Waals surface area contributed by atoms with Crippen LogP contribution in [-0.2, 0) is 6.54 Å². The van der Waals surface area contributed by atoms with E-state index in [1.807, 2.05) is 0 Å². The number of fused-ring (bicyclic) bond motifs is 1. The summed E-state index contributed by atoms with van der Waals surface area (Å²) in [5.74, 6) is 0. The Morgan fingerprint density at radius 3 is 3.15 bits per heavy atom. The number of piperazine rings is 1. The number of hydrogen-bond acceptors (Lipinski definition) is 7. The van der Waals surface area contributed by atoms with E-state index in [0.29, 0.717) is 24.1 Å². The second-order valence-electron chi connectivity index (χ2n) is 5.14. The number of aromatic nitrogens is 3. The van der Waals surface area contributed by atoms with Crippen molar-refractivity contribution in [1.82, 2.24) is 24.4 Å². The molecule has 3 heterocycles. The van der Waals surface area contributed by atoms with Crippen molar-refractivity contribution in [3.63, 3.8) is 0 Å². The lowest BCUT2D eigenvalue weighted by Gasteiger charge is -2.39. The van der Waals surface area contributed by atoms with Gasteiger partial charge in [-0.1, -0.05) is 11.3 Å². The van der Waals surface area contributed by atoms with Gasteiger partial charge in [-0.25, -0.2) is 4.98 Å². The van der Waals surface area contributed by atoms with Crippen LogP contribution in [0, 0.1) is 0 Å². The summed E-state index contributed by atoms with van der Waals surface area (Å²) in [6, 6.07) is 1.88. The van der Waals surface area contributed by atoms with Crippen molar-refractivity contribution in [2.75, 3.05) is 33.2 Å². The molecule has 1 atom stereocenters. The van der Waals surface area contributed by atoms with Crippen molar-refractivity contribution in [3.05, 3.63) is 27.6 Å². The third-order valence-corrected chi connectivity index (χ3v) is 4.36. The van der Waals surface area contributed by atoms with E-state index in [2.05, 4.69) is 26.9 Å². The van der Waals surface area contributed by atoms with Crippen LogP contribution in [0.1, 0.15) is 5.69 Å². The summed E-state index contributed by atoms with van der Waals surface area (Å²) < 4.78 is 1.33. The number of nitrogens with zero attached hydrogens (tertiary/aromatic N) is 5. The molecule has 20 heavy (non-hydrogen) atoms. The smallest absolute Gasteiger partial charge is 0.275 e. The minimum atomic E-state index is -0.121. The van der Waals surface area contributed by atoms with Crippen LogP contribution in [0.15, 0.2) is 16.4 Å². The van der Waals surface area contributed by atoms with E-state index in [1.165, 1.54) is 15.9 Å². The van der Waals surface area contributed by atoms with Gasteiger partial charge in [0.1, 0.15) is 5.51 Å². The minimum absolute atomic E-state index is 0.121. The lowest BCUT2D eigenvalue weighted by atomic mass is 10.1. The minimum Gasteiger partial charge on any atom is -0.329 e. The first kappa shape index (κ1) is 13.6. The maximum atomic E-state index is 11.9. The van der Waals surface area contributed by atoms with E-state index in [-0.39, 0.29) is 5.56 Å². The lowest BCUT2D eigenvalue weighted by molar-refractivity contribution is 0.0870. The summed E-state index contributed by atoms with van der Waals surface area (Å²) in [5.41, 5.74) is 8.15. The zero-order chi connectivity index (χ0) is 14.1. The van der Waals surface area contributed by atoms with Gasteiger partial charge in [0.15, 0.2) is 0 Å². The predicted molar refractivity (Wildman–Crippen MR) is 77.9 cm³/mol. The van der Waals surface area contributed by atoms with Crippen molar-refractivity contribution >= 4 is 16.3 Å². The quantitative estimate of drug-likeness (QED) is 0.800. The fourth-order valence-corrected chi connectivity index (χ4v) is 3.21. The van der Waals surface area contributed by atoms with Gasteiger partial charge in [0.05, 0.1) is 5.69 Å². The summed E-state index contributed by atoms with van der Waals surface area (Å²) in [7, 11) is 2.11. The van der Waals surface area contributed by atoms with Crippen LogP contribution in [-0.4, -0.2) is 63.7 Å². The Labute approximate surface area is 120 Å². The molecule has 2 aromatic rings. The van der Waals surface area contributed by atoms with Gasteiger partial charge in [-0.3, -0.25) is 9.69 Å². The third-order valence-electron chi connectivity index (χ3n) is 3.68. The topological polar surface area (TPSA) is 79.8 Å². The molecule has 1 aliphatic rings. The second kappa shape index (κ2) is 5.57. The Kier molecular flexibility index (Phi) is 3.79. The predicted octanol–water partition coefficient (Wildman–Crippen LogP) is -0.774. The first-order chi connectivity index (χ1) is 9.67. The zero-order valence-corrected chi connectivity index (χ0v) is 12.2. The maximum Gasteiger partial charge on any atom is 0.275 e. The highest BCUT2D eigenvalue weighted by molar-refractivity contribution is 7.14. The summed E-state index contributed by atoms with van der Waals surface area (Å²) >= 11 is 1.37. The summed E-state index contributed by atoms with van der Waals surface area (Å²) in [5, 5.41) is 3.97.